The highest BCUT2D eigenvalue weighted by atomic mass is 19.3. The van der Waals surface area contributed by atoms with E-state index in [1.165, 1.54) is 26.4 Å². The first kappa shape index (κ1) is 22.3. The van der Waals surface area contributed by atoms with E-state index < -0.39 is 12.5 Å². The van der Waals surface area contributed by atoms with Crippen LogP contribution in [-0.4, -0.2) is 45.7 Å². The minimum Gasteiger partial charge on any atom is -0.493 e. The minimum atomic E-state index is -2.86. The summed E-state index contributed by atoms with van der Waals surface area (Å²) in [4.78, 5) is 26.5. The van der Waals surface area contributed by atoms with Crippen molar-refractivity contribution >= 4 is 17.5 Å². The van der Waals surface area contributed by atoms with Crippen molar-refractivity contribution in [2.45, 2.75) is 19.5 Å². The second kappa shape index (κ2) is 10.1. The Labute approximate surface area is 178 Å². The molecule has 0 bridgehead atoms. The summed E-state index contributed by atoms with van der Waals surface area (Å²) >= 11 is 0. The first-order chi connectivity index (χ1) is 14.9. The van der Waals surface area contributed by atoms with Gasteiger partial charge in [-0.05, 0) is 36.2 Å². The molecule has 0 aromatic heterocycles. The number of benzene rings is 2. The lowest BCUT2D eigenvalue weighted by molar-refractivity contribution is -0.126. The number of methoxy groups -OCH3 is 2. The van der Waals surface area contributed by atoms with Crippen LogP contribution in [0.25, 0.3) is 0 Å². The summed E-state index contributed by atoms with van der Waals surface area (Å²) in [6, 6.07) is 11.4. The van der Waals surface area contributed by atoms with Crippen LogP contribution in [0.1, 0.15) is 12.0 Å². The molecule has 7 nitrogen and oxygen atoms in total. The smallest absolute Gasteiger partial charge is 0.387 e. The van der Waals surface area contributed by atoms with Crippen molar-refractivity contribution in [3.63, 3.8) is 0 Å². The monoisotopic (exact) mass is 434 g/mol. The maximum atomic E-state index is 12.5. The minimum absolute atomic E-state index is 0.0857. The zero-order valence-corrected chi connectivity index (χ0v) is 17.3. The molecule has 1 aliphatic rings. The van der Waals surface area contributed by atoms with Gasteiger partial charge < -0.3 is 24.4 Å². The maximum absolute atomic E-state index is 12.5. The molecule has 1 fully saturated rings. The number of amides is 2. The highest BCUT2D eigenvalue weighted by molar-refractivity contribution is 6.00. The molecule has 3 rings (SSSR count). The van der Waals surface area contributed by atoms with Crippen LogP contribution in [0, 0.1) is 5.92 Å². The SMILES string of the molecule is COc1ccc(N2CC(C(=O)NCCc3ccc(OC(F)F)cc3)CC2=O)cc1OC. The van der Waals surface area contributed by atoms with E-state index in [2.05, 4.69) is 10.1 Å². The van der Waals surface area contributed by atoms with Crippen molar-refractivity contribution < 1.29 is 32.6 Å². The van der Waals surface area contributed by atoms with Crippen LogP contribution in [0.4, 0.5) is 14.5 Å². The molecule has 9 heteroatoms. The van der Waals surface area contributed by atoms with Gasteiger partial charge in [0.15, 0.2) is 11.5 Å². The van der Waals surface area contributed by atoms with Crippen LogP contribution in [0.2, 0.25) is 0 Å². The van der Waals surface area contributed by atoms with Crippen molar-refractivity contribution in [2.75, 3.05) is 32.2 Å². The van der Waals surface area contributed by atoms with E-state index in [-0.39, 0.29) is 30.5 Å². The Morgan fingerprint density at radius 2 is 1.84 bits per heavy atom. The van der Waals surface area contributed by atoms with E-state index in [1.807, 2.05) is 0 Å². The Hall–Kier alpha value is -3.36. The van der Waals surface area contributed by atoms with Gasteiger partial charge >= 0.3 is 6.61 Å². The number of alkyl halides is 2. The summed E-state index contributed by atoms with van der Waals surface area (Å²) in [5.41, 5.74) is 1.51. The Balaban J connectivity index is 1.52. The van der Waals surface area contributed by atoms with Gasteiger partial charge in [0.2, 0.25) is 11.8 Å². The maximum Gasteiger partial charge on any atom is 0.387 e. The lowest BCUT2D eigenvalue weighted by Gasteiger charge is -2.18. The Morgan fingerprint density at radius 3 is 2.48 bits per heavy atom. The van der Waals surface area contributed by atoms with E-state index in [9.17, 15) is 18.4 Å². The second-order valence-corrected chi connectivity index (χ2v) is 7.01. The average molecular weight is 434 g/mol. The molecule has 1 unspecified atom stereocenters. The number of nitrogens with zero attached hydrogens (tertiary/aromatic N) is 1. The summed E-state index contributed by atoms with van der Waals surface area (Å²) in [6.07, 6.45) is 0.653. The van der Waals surface area contributed by atoms with Crippen molar-refractivity contribution in [1.29, 1.82) is 0 Å². The molecular weight excluding hydrogens is 410 g/mol. The van der Waals surface area contributed by atoms with E-state index in [0.29, 0.717) is 30.2 Å². The van der Waals surface area contributed by atoms with Gasteiger partial charge in [0.05, 0.1) is 20.1 Å². The molecule has 0 radical (unpaired) electrons. The third-order valence-electron chi connectivity index (χ3n) is 5.04. The van der Waals surface area contributed by atoms with Crippen LogP contribution < -0.4 is 24.4 Å². The van der Waals surface area contributed by atoms with Gasteiger partial charge in [0.1, 0.15) is 5.75 Å². The third-order valence-corrected chi connectivity index (χ3v) is 5.04. The molecule has 166 valence electrons. The largest absolute Gasteiger partial charge is 0.493 e. The number of ether oxygens (including phenoxy) is 3. The van der Waals surface area contributed by atoms with Gasteiger partial charge in [-0.2, -0.15) is 8.78 Å². The molecule has 0 saturated carbocycles. The van der Waals surface area contributed by atoms with Gasteiger partial charge in [-0.15, -0.1) is 0 Å². The molecule has 1 aliphatic heterocycles. The highest BCUT2D eigenvalue weighted by Gasteiger charge is 2.35. The van der Waals surface area contributed by atoms with Crippen LogP contribution in [0.15, 0.2) is 42.5 Å². The van der Waals surface area contributed by atoms with Crippen LogP contribution in [0.5, 0.6) is 17.2 Å². The predicted molar refractivity (Wildman–Crippen MR) is 110 cm³/mol. The van der Waals surface area contributed by atoms with Gasteiger partial charge in [0, 0.05) is 31.3 Å². The molecule has 0 aliphatic carbocycles. The quantitative estimate of drug-likeness (QED) is 0.657. The lowest BCUT2D eigenvalue weighted by Crippen LogP contribution is -2.34. The molecule has 1 saturated heterocycles. The lowest BCUT2D eigenvalue weighted by atomic mass is 10.1. The summed E-state index contributed by atoms with van der Waals surface area (Å²) < 4.78 is 39.2. The van der Waals surface area contributed by atoms with E-state index in [4.69, 9.17) is 9.47 Å². The fraction of sp³-hybridized carbons (Fsp3) is 0.364. The zero-order valence-electron chi connectivity index (χ0n) is 17.3. The molecule has 31 heavy (non-hydrogen) atoms. The summed E-state index contributed by atoms with van der Waals surface area (Å²) in [7, 11) is 3.05. The number of hydrogen-bond donors (Lipinski definition) is 1. The predicted octanol–water partition coefficient (Wildman–Crippen LogP) is 3.02. The van der Waals surface area contributed by atoms with Crippen molar-refractivity contribution in [1.82, 2.24) is 5.32 Å². The molecule has 1 atom stereocenters. The number of anilines is 1. The Morgan fingerprint density at radius 1 is 1.13 bits per heavy atom. The summed E-state index contributed by atoms with van der Waals surface area (Å²) in [5, 5.41) is 2.84. The van der Waals surface area contributed by atoms with Gasteiger partial charge in [-0.3, -0.25) is 9.59 Å². The molecule has 1 heterocycles. The number of carbonyl (C=O) groups excluding carboxylic acids is 2. The van der Waals surface area contributed by atoms with E-state index >= 15 is 0 Å². The topological polar surface area (TPSA) is 77.1 Å². The van der Waals surface area contributed by atoms with E-state index in [0.717, 1.165) is 5.56 Å². The van der Waals surface area contributed by atoms with Crippen LogP contribution in [-0.2, 0) is 16.0 Å². The van der Waals surface area contributed by atoms with Crippen LogP contribution >= 0.6 is 0 Å². The first-order valence-electron chi connectivity index (χ1n) is 9.75. The van der Waals surface area contributed by atoms with Crippen molar-refractivity contribution in [2.24, 2.45) is 5.92 Å². The van der Waals surface area contributed by atoms with E-state index in [1.54, 1.807) is 35.2 Å². The molecule has 1 N–H and O–H groups in total. The molecule has 2 aromatic rings. The average Bonchev–Trinajstić information content (AvgIpc) is 3.15. The van der Waals surface area contributed by atoms with Gasteiger partial charge in [0.25, 0.3) is 0 Å². The van der Waals surface area contributed by atoms with Gasteiger partial charge in [-0.25, -0.2) is 0 Å². The number of rotatable bonds is 9. The second-order valence-electron chi connectivity index (χ2n) is 7.01. The zero-order chi connectivity index (χ0) is 22.4. The Kier molecular flexibility index (Phi) is 7.28. The summed E-state index contributed by atoms with van der Waals surface area (Å²) in [5.74, 6) is 0.354. The number of carbonyl (C=O) groups is 2. The number of hydrogen-bond acceptors (Lipinski definition) is 5. The fourth-order valence-electron chi connectivity index (χ4n) is 3.44. The van der Waals surface area contributed by atoms with Crippen molar-refractivity contribution in [3.05, 3.63) is 48.0 Å². The van der Waals surface area contributed by atoms with Gasteiger partial charge in [-0.1, -0.05) is 12.1 Å². The van der Waals surface area contributed by atoms with Crippen LogP contribution in [0.3, 0.4) is 0 Å². The fourth-order valence-corrected chi connectivity index (χ4v) is 3.44. The molecular formula is C22H24F2N2O5. The Bertz CT molecular complexity index is 921. The van der Waals surface area contributed by atoms with Crippen molar-refractivity contribution in [3.8, 4) is 17.2 Å². The normalized spacial score (nSPS) is 15.8. The molecule has 2 amide bonds. The highest BCUT2D eigenvalue weighted by Crippen LogP contribution is 2.34. The molecule has 2 aromatic carbocycles. The molecule has 0 spiro atoms. The third kappa shape index (κ3) is 5.62. The summed E-state index contributed by atoms with van der Waals surface area (Å²) in [6.45, 7) is -2.22. The number of nitrogens with one attached hydrogen (secondary N) is 1. The number of halogens is 2. The first-order valence-corrected chi connectivity index (χ1v) is 9.75. The standard InChI is InChI=1S/C22H24F2N2O5/c1-29-18-8-5-16(12-19(18)30-2)26-13-15(11-20(26)27)21(28)25-10-9-14-3-6-17(7-4-14)31-22(23)24/h3-8,12,15,22H,9-11,13H2,1-2H3,(H,25,28).